The van der Waals surface area contributed by atoms with Gasteiger partial charge in [-0.25, -0.2) is 0 Å². The molecular weight excluding hydrogens is 376 g/mol. The van der Waals surface area contributed by atoms with Crippen LogP contribution in [0.2, 0.25) is 0 Å². The third kappa shape index (κ3) is 2.50. The average molecular weight is 406 g/mol. The monoisotopic (exact) mass is 405 g/mol. The highest BCUT2D eigenvalue weighted by Crippen LogP contribution is 2.43. The molecular formula is C30H26O. The van der Waals surface area contributed by atoms with Gasteiger partial charge in [-0.1, -0.05) is 75.4 Å². The van der Waals surface area contributed by atoms with Crippen molar-refractivity contribution in [3.63, 3.8) is 0 Å². The molecule has 0 saturated carbocycles. The van der Waals surface area contributed by atoms with Crippen molar-refractivity contribution in [1.82, 2.24) is 0 Å². The Morgan fingerprint density at radius 1 is 0.677 bits per heavy atom. The fraction of sp³-hybridized carbons (Fsp3) is 0.200. The molecule has 1 aromatic heterocycles. The molecule has 0 unspecified atom stereocenters. The zero-order chi connectivity index (χ0) is 24.0. The van der Waals surface area contributed by atoms with Crippen LogP contribution in [0.1, 0.15) is 41.6 Å². The minimum absolute atomic E-state index is 0.192. The van der Waals surface area contributed by atoms with Gasteiger partial charge in [-0.05, 0) is 74.8 Å². The number of furan rings is 1. The Balaban J connectivity index is 1.90. The SMILES string of the molecule is [2H]C([2H])([2H])c1cc(C)c(C(C)(C)C)c2oc3cc4c5ccccc5c5ccccc5c4cc3c12. The third-order valence-corrected chi connectivity index (χ3v) is 6.55. The molecule has 0 spiro atoms. The predicted molar refractivity (Wildman–Crippen MR) is 134 cm³/mol. The van der Waals surface area contributed by atoms with Gasteiger partial charge in [0.15, 0.2) is 0 Å². The van der Waals surface area contributed by atoms with Crippen LogP contribution in [0.5, 0.6) is 0 Å². The van der Waals surface area contributed by atoms with Crippen LogP contribution in [0.25, 0.3) is 54.3 Å². The Hall–Kier alpha value is -3.32. The molecule has 0 aliphatic carbocycles. The second kappa shape index (κ2) is 6.11. The number of benzene rings is 5. The summed E-state index contributed by atoms with van der Waals surface area (Å²) in [6, 6.07) is 23.0. The first-order valence-corrected chi connectivity index (χ1v) is 10.8. The average Bonchev–Trinajstić information content (AvgIpc) is 3.13. The van der Waals surface area contributed by atoms with Gasteiger partial charge in [0.1, 0.15) is 11.2 Å². The van der Waals surface area contributed by atoms with E-state index < -0.39 is 6.85 Å². The summed E-state index contributed by atoms with van der Waals surface area (Å²) in [5, 5.41) is 8.52. The van der Waals surface area contributed by atoms with Crippen molar-refractivity contribution in [2.24, 2.45) is 0 Å². The molecule has 0 amide bonds. The quantitative estimate of drug-likeness (QED) is 0.230. The highest BCUT2D eigenvalue weighted by atomic mass is 16.3. The van der Waals surface area contributed by atoms with Gasteiger partial charge < -0.3 is 4.42 Å². The molecule has 0 aliphatic heterocycles. The largest absolute Gasteiger partial charge is 0.456 e. The summed E-state index contributed by atoms with van der Waals surface area (Å²) in [5.41, 5.74) is 3.59. The first-order valence-electron chi connectivity index (χ1n) is 12.3. The molecule has 0 radical (unpaired) electrons. The van der Waals surface area contributed by atoms with E-state index in [-0.39, 0.29) is 5.41 Å². The van der Waals surface area contributed by atoms with Gasteiger partial charge in [-0.3, -0.25) is 0 Å². The second-order valence-corrected chi connectivity index (χ2v) is 9.66. The van der Waals surface area contributed by atoms with Crippen LogP contribution in [0.4, 0.5) is 0 Å². The second-order valence-electron chi connectivity index (χ2n) is 9.66. The van der Waals surface area contributed by atoms with E-state index in [1.54, 1.807) is 0 Å². The van der Waals surface area contributed by atoms with Crippen molar-refractivity contribution < 1.29 is 8.53 Å². The van der Waals surface area contributed by atoms with Crippen molar-refractivity contribution in [1.29, 1.82) is 0 Å². The maximum atomic E-state index is 8.29. The van der Waals surface area contributed by atoms with E-state index in [2.05, 4.69) is 81.4 Å². The highest BCUT2D eigenvalue weighted by Gasteiger charge is 2.25. The van der Waals surface area contributed by atoms with Crippen molar-refractivity contribution in [3.8, 4) is 0 Å². The van der Waals surface area contributed by atoms with Crippen LogP contribution < -0.4 is 0 Å². The van der Waals surface area contributed by atoms with E-state index in [4.69, 9.17) is 8.53 Å². The summed E-state index contributed by atoms with van der Waals surface area (Å²) >= 11 is 0. The molecule has 1 heteroatoms. The molecule has 0 bridgehead atoms. The molecule has 1 nitrogen and oxygen atoms in total. The minimum atomic E-state index is -2.24. The van der Waals surface area contributed by atoms with Crippen molar-refractivity contribution in [2.45, 2.75) is 40.0 Å². The summed E-state index contributed by atoms with van der Waals surface area (Å²) in [6.45, 7) is 6.19. The molecule has 6 rings (SSSR count). The molecule has 31 heavy (non-hydrogen) atoms. The predicted octanol–water partition coefficient (Wildman–Crippen LogP) is 8.96. The molecule has 0 fully saturated rings. The van der Waals surface area contributed by atoms with Gasteiger partial charge >= 0.3 is 0 Å². The van der Waals surface area contributed by atoms with Gasteiger partial charge in [0, 0.05) is 20.4 Å². The lowest BCUT2D eigenvalue weighted by Crippen LogP contribution is -2.13. The minimum Gasteiger partial charge on any atom is -0.456 e. The number of hydrogen-bond acceptors (Lipinski definition) is 1. The third-order valence-electron chi connectivity index (χ3n) is 6.55. The van der Waals surface area contributed by atoms with Crippen molar-refractivity contribution in [2.75, 3.05) is 0 Å². The van der Waals surface area contributed by atoms with E-state index in [1.807, 2.05) is 13.0 Å². The van der Waals surface area contributed by atoms with E-state index >= 15 is 0 Å². The Morgan fingerprint density at radius 2 is 1.23 bits per heavy atom. The smallest absolute Gasteiger partial charge is 0.139 e. The van der Waals surface area contributed by atoms with Gasteiger partial charge in [-0.2, -0.15) is 0 Å². The summed E-state index contributed by atoms with van der Waals surface area (Å²) in [6.07, 6.45) is 0. The lowest BCUT2D eigenvalue weighted by Gasteiger charge is -2.22. The fourth-order valence-corrected chi connectivity index (χ4v) is 5.41. The van der Waals surface area contributed by atoms with E-state index in [0.29, 0.717) is 16.5 Å². The molecule has 0 aliphatic rings. The first kappa shape index (κ1) is 15.5. The molecule has 0 atom stereocenters. The summed E-state index contributed by atoms with van der Waals surface area (Å²) in [5.74, 6) is 0. The van der Waals surface area contributed by atoms with Crippen LogP contribution in [-0.2, 0) is 5.41 Å². The normalized spacial score (nSPS) is 14.5. The van der Waals surface area contributed by atoms with Crippen molar-refractivity contribution >= 4 is 54.3 Å². The van der Waals surface area contributed by atoms with Crippen LogP contribution in [-0.4, -0.2) is 0 Å². The number of hydrogen-bond donors (Lipinski definition) is 0. The van der Waals surface area contributed by atoms with Crippen LogP contribution >= 0.6 is 0 Å². The maximum absolute atomic E-state index is 8.29. The van der Waals surface area contributed by atoms with Gasteiger partial charge in [0.25, 0.3) is 0 Å². The van der Waals surface area contributed by atoms with Crippen LogP contribution in [0.15, 0.2) is 71.1 Å². The standard InChI is InChI=1S/C30H26O/c1-17-14-18(2)28(30(3,4)5)29-27(17)25-15-23-21-12-8-6-10-19(21)20-11-7-9-13-22(20)24(23)16-26(25)31-29/h6-16H,1-5H3/i1D3. The van der Waals surface area contributed by atoms with E-state index in [1.165, 1.54) is 16.2 Å². The topological polar surface area (TPSA) is 13.1 Å². The molecule has 0 N–H and O–H groups in total. The Kier molecular flexibility index (Phi) is 3.05. The van der Waals surface area contributed by atoms with Crippen molar-refractivity contribution in [3.05, 3.63) is 83.4 Å². The lowest BCUT2D eigenvalue weighted by atomic mass is 9.82. The highest BCUT2D eigenvalue weighted by molar-refractivity contribution is 6.28. The molecule has 0 saturated heterocycles. The van der Waals surface area contributed by atoms with E-state index in [9.17, 15) is 0 Å². The Bertz CT molecular complexity index is 1780. The summed E-state index contributed by atoms with van der Waals surface area (Å²) in [7, 11) is 0. The number of aryl methyl sites for hydroxylation is 2. The Labute approximate surface area is 186 Å². The van der Waals surface area contributed by atoms with Gasteiger partial charge in [0.05, 0.1) is 0 Å². The molecule has 5 aromatic carbocycles. The summed E-state index contributed by atoms with van der Waals surface area (Å²) < 4.78 is 31.4. The van der Waals surface area contributed by atoms with Gasteiger partial charge in [-0.15, -0.1) is 0 Å². The Morgan fingerprint density at radius 3 is 1.77 bits per heavy atom. The number of fused-ring (bicyclic) bond motifs is 9. The zero-order valence-electron chi connectivity index (χ0n) is 21.3. The maximum Gasteiger partial charge on any atom is 0.139 e. The van der Waals surface area contributed by atoms with Crippen LogP contribution in [0.3, 0.4) is 0 Å². The zero-order valence-corrected chi connectivity index (χ0v) is 18.3. The molecule has 1 heterocycles. The molecule has 6 aromatic rings. The van der Waals surface area contributed by atoms with E-state index in [0.717, 1.165) is 38.3 Å². The van der Waals surface area contributed by atoms with Gasteiger partial charge in [0.2, 0.25) is 0 Å². The lowest BCUT2D eigenvalue weighted by molar-refractivity contribution is 0.569. The fourth-order valence-electron chi connectivity index (χ4n) is 5.41. The molecule has 152 valence electrons. The summed E-state index contributed by atoms with van der Waals surface area (Å²) in [4.78, 5) is 0. The number of rotatable bonds is 0. The first-order chi connectivity index (χ1) is 16.1. The van der Waals surface area contributed by atoms with Crippen LogP contribution in [0, 0.1) is 13.8 Å².